The number of hydrogen-bond acceptors (Lipinski definition) is 2. The minimum Gasteiger partial charge on any atom is -0.314 e. The Balaban J connectivity index is 1.87. The molecule has 0 spiro atoms. The average Bonchev–Trinajstić information content (AvgIpc) is 3.01. The summed E-state index contributed by atoms with van der Waals surface area (Å²) in [7, 11) is 0. The first-order valence-electron chi connectivity index (χ1n) is 8.57. The van der Waals surface area contributed by atoms with Crippen LogP contribution in [0.5, 0.6) is 0 Å². The quantitative estimate of drug-likeness (QED) is 0.689. The van der Waals surface area contributed by atoms with E-state index in [9.17, 15) is 0 Å². The van der Waals surface area contributed by atoms with Crippen LogP contribution < -0.4 is 5.32 Å². The van der Waals surface area contributed by atoms with Crippen molar-refractivity contribution in [3.63, 3.8) is 0 Å². The maximum Gasteiger partial charge on any atom is 0.00985 e. The molecule has 0 amide bonds. The third kappa shape index (κ3) is 4.89. The highest BCUT2D eigenvalue weighted by Crippen LogP contribution is 2.34. The van der Waals surface area contributed by atoms with E-state index in [0.717, 1.165) is 17.9 Å². The molecular formula is C18H31NS. The van der Waals surface area contributed by atoms with Crippen LogP contribution in [0.1, 0.15) is 64.4 Å². The third-order valence-electron chi connectivity index (χ3n) is 4.95. The van der Waals surface area contributed by atoms with Gasteiger partial charge in [0.05, 0.1) is 0 Å². The van der Waals surface area contributed by atoms with E-state index in [2.05, 4.69) is 36.0 Å². The molecule has 1 aliphatic rings. The van der Waals surface area contributed by atoms with E-state index in [4.69, 9.17) is 0 Å². The molecular weight excluding hydrogens is 262 g/mol. The molecule has 3 atom stereocenters. The molecule has 1 aromatic rings. The Kier molecular flexibility index (Phi) is 7.09. The summed E-state index contributed by atoms with van der Waals surface area (Å²) < 4.78 is 0. The summed E-state index contributed by atoms with van der Waals surface area (Å²) in [5.74, 6) is 1.90. The van der Waals surface area contributed by atoms with Gasteiger partial charge in [0, 0.05) is 6.04 Å². The summed E-state index contributed by atoms with van der Waals surface area (Å²) in [6.45, 7) is 5.83. The lowest BCUT2D eigenvalue weighted by atomic mass is 9.75. The first kappa shape index (κ1) is 16.0. The Labute approximate surface area is 129 Å². The molecule has 3 unspecified atom stereocenters. The van der Waals surface area contributed by atoms with Crippen LogP contribution in [0.2, 0.25) is 0 Å². The zero-order valence-electron chi connectivity index (χ0n) is 13.2. The van der Waals surface area contributed by atoms with E-state index in [1.807, 2.05) is 11.3 Å². The number of rotatable bonds is 8. The minimum atomic E-state index is 0.740. The Bertz CT molecular complexity index is 346. The second-order valence-electron chi connectivity index (χ2n) is 6.43. The predicted octanol–water partition coefficient (Wildman–Crippen LogP) is 5.27. The minimum absolute atomic E-state index is 0.740. The molecule has 2 heteroatoms. The van der Waals surface area contributed by atoms with Crippen molar-refractivity contribution in [1.29, 1.82) is 0 Å². The molecule has 1 N–H and O–H groups in total. The van der Waals surface area contributed by atoms with Gasteiger partial charge in [0.2, 0.25) is 0 Å². The lowest BCUT2D eigenvalue weighted by Gasteiger charge is -2.35. The van der Waals surface area contributed by atoms with Gasteiger partial charge in [-0.25, -0.2) is 0 Å². The van der Waals surface area contributed by atoms with Gasteiger partial charge in [-0.2, -0.15) is 11.3 Å². The van der Waals surface area contributed by atoms with Crippen LogP contribution >= 0.6 is 11.3 Å². The van der Waals surface area contributed by atoms with E-state index in [1.165, 1.54) is 63.5 Å². The second kappa shape index (κ2) is 8.84. The maximum atomic E-state index is 3.85. The highest BCUT2D eigenvalue weighted by Gasteiger charge is 2.27. The highest BCUT2D eigenvalue weighted by atomic mass is 32.1. The van der Waals surface area contributed by atoms with Gasteiger partial charge in [0.15, 0.2) is 0 Å². The van der Waals surface area contributed by atoms with Gasteiger partial charge in [-0.15, -0.1) is 0 Å². The largest absolute Gasteiger partial charge is 0.314 e. The van der Waals surface area contributed by atoms with Crippen LogP contribution in [0.3, 0.4) is 0 Å². The first-order valence-corrected chi connectivity index (χ1v) is 9.52. The van der Waals surface area contributed by atoms with Crippen LogP contribution in [0.15, 0.2) is 16.8 Å². The summed E-state index contributed by atoms with van der Waals surface area (Å²) in [6, 6.07) is 3.03. The predicted molar refractivity (Wildman–Crippen MR) is 90.5 cm³/mol. The van der Waals surface area contributed by atoms with Crippen molar-refractivity contribution >= 4 is 11.3 Å². The summed E-state index contributed by atoms with van der Waals surface area (Å²) in [5.41, 5.74) is 1.53. The van der Waals surface area contributed by atoms with Gasteiger partial charge in [-0.1, -0.05) is 33.1 Å². The lowest BCUT2D eigenvalue weighted by molar-refractivity contribution is 0.202. The van der Waals surface area contributed by atoms with Gasteiger partial charge >= 0.3 is 0 Å². The molecule has 1 aromatic heterocycles. The SMILES string of the molecule is CCCNC(CCc1ccsc1)C1CCCC(CC)C1. The molecule has 0 saturated heterocycles. The molecule has 2 rings (SSSR count). The standard InChI is InChI=1S/C18H31NS/c1-3-11-19-18(9-8-16-10-12-20-14-16)17-7-5-6-15(4-2)13-17/h10,12,14-15,17-19H,3-9,11,13H2,1-2H3. The molecule has 20 heavy (non-hydrogen) atoms. The van der Waals surface area contributed by atoms with Crippen LogP contribution in [-0.4, -0.2) is 12.6 Å². The van der Waals surface area contributed by atoms with Gasteiger partial charge in [-0.3, -0.25) is 0 Å². The number of hydrogen-bond donors (Lipinski definition) is 1. The van der Waals surface area contributed by atoms with Gasteiger partial charge < -0.3 is 5.32 Å². The lowest BCUT2D eigenvalue weighted by Crippen LogP contribution is -2.39. The topological polar surface area (TPSA) is 12.0 Å². The Hall–Kier alpha value is -0.340. The number of thiophene rings is 1. The van der Waals surface area contributed by atoms with Crippen molar-refractivity contribution in [2.75, 3.05) is 6.54 Å². The Morgan fingerprint density at radius 3 is 2.95 bits per heavy atom. The normalized spacial score (nSPS) is 24.7. The summed E-state index contributed by atoms with van der Waals surface area (Å²) >= 11 is 1.83. The Morgan fingerprint density at radius 2 is 2.25 bits per heavy atom. The fourth-order valence-electron chi connectivity index (χ4n) is 3.66. The number of aryl methyl sites for hydroxylation is 1. The maximum absolute atomic E-state index is 3.85. The van der Waals surface area contributed by atoms with E-state index in [-0.39, 0.29) is 0 Å². The molecule has 1 aliphatic carbocycles. The van der Waals surface area contributed by atoms with E-state index in [1.54, 1.807) is 0 Å². The van der Waals surface area contributed by atoms with Crippen LogP contribution in [0.25, 0.3) is 0 Å². The third-order valence-corrected chi connectivity index (χ3v) is 5.68. The fourth-order valence-corrected chi connectivity index (χ4v) is 4.36. The van der Waals surface area contributed by atoms with Gasteiger partial charge in [-0.05, 0) is 72.9 Å². The van der Waals surface area contributed by atoms with Crippen LogP contribution in [0.4, 0.5) is 0 Å². The zero-order chi connectivity index (χ0) is 14.2. The van der Waals surface area contributed by atoms with E-state index >= 15 is 0 Å². The molecule has 1 nitrogen and oxygen atoms in total. The fraction of sp³-hybridized carbons (Fsp3) is 0.778. The molecule has 0 aromatic carbocycles. The van der Waals surface area contributed by atoms with Gasteiger partial charge in [0.25, 0.3) is 0 Å². The molecule has 1 heterocycles. The zero-order valence-corrected chi connectivity index (χ0v) is 14.1. The van der Waals surface area contributed by atoms with Crippen molar-refractivity contribution in [1.82, 2.24) is 5.32 Å². The van der Waals surface area contributed by atoms with Gasteiger partial charge in [0.1, 0.15) is 0 Å². The molecule has 1 saturated carbocycles. The smallest absolute Gasteiger partial charge is 0.00985 e. The van der Waals surface area contributed by atoms with E-state index < -0.39 is 0 Å². The van der Waals surface area contributed by atoms with Crippen molar-refractivity contribution in [3.05, 3.63) is 22.4 Å². The molecule has 0 aliphatic heterocycles. The van der Waals surface area contributed by atoms with Crippen molar-refractivity contribution < 1.29 is 0 Å². The summed E-state index contributed by atoms with van der Waals surface area (Å²) in [4.78, 5) is 0. The molecule has 0 radical (unpaired) electrons. The number of nitrogens with one attached hydrogen (secondary N) is 1. The van der Waals surface area contributed by atoms with Crippen molar-refractivity contribution in [3.8, 4) is 0 Å². The average molecular weight is 294 g/mol. The second-order valence-corrected chi connectivity index (χ2v) is 7.21. The summed E-state index contributed by atoms with van der Waals surface area (Å²) in [6.07, 6.45) is 11.0. The molecule has 114 valence electrons. The van der Waals surface area contributed by atoms with Crippen molar-refractivity contribution in [2.45, 2.75) is 71.3 Å². The highest BCUT2D eigenvalue weighted by molar-refractivity contribution is 7.07. The molecule has 0 bridgehead atoms. The first-order chi connectivity index (χ1) is 9.83. The molecule has 1 fully saturated rings. The Morgan fingerprint density at radius 1 is 1.35 bits per heavy atom. The summed E-state index contributed by atoms with van der Waals surface area (Å²) in [5, 5.41) is 8.37. The van der Waals surface area contributed by atoms with Crippen LogP contribution in [-0.2, 0) is 6.42 Å². The van der Waals surface area contributed by atoms with Crippen molar-refractivity contribution in [2.24, 2.45) is 11.8 Å². The monoisotopic (exact) mass is 293 g/mol. The van der Waals surface area contributed by atoms with E-state index in [0.29, 0.717) is 0 Å². The van der Waals surface area contributed by atoms with Crippen LogP contribution in [0, 0.1) is 11.8 Å².